The van der Waals surface area contributed by atoms with Gasteiger partial charge < -0.3 is 19.6 Å². The Morgan fingerprint density at radius 1 is 0.529 bits per heavy atom. The molecule has 0 amide bonds. The molecule has 1 aliphatic rings. The van der Waals surface area contributed by atoms with Crippen LogP contribution in [0, 0.1) is 12.7 Å². The Morgan fingerprint density at radius 3 is 1.15 bits per heavy atom. The summed E-state index contributed by atoms with van der Waals surface area (Å²) in [4.78, 5) is 21.8. The second kappa shape index (κ2) is 8.30. The average Bonchev–Trinajstić information content (AvgIpc) is 2.87. The summed E-state index contributed by atoms with van der Waals surface area (Å²) in [6.07, 6.45) is 0. The van der Waals surface area contributed by atoms with Gasteiger partial charge in [0.05, 0.1) is 11.4 Å². The molecule has 0 spiro atoms. The van der Waals surface area contributed by atoms with Gasteiger partial charge in [-0.15, -0.1) is 0 Å². The van der Waals surface area contributed by atoms with E-state index < -0.39 is 0 Å². The van der Waals surface area contributed by atoms with Crippen LogP contribution >= 0.6 is 0 Å². The lowest BCUT2D eigenvalue weighted by atomic mass is 10.1. The summed E-state index contributed by atoms with van der Waals surface area (Å²) in [6, 6.07) is 20.9. The molecule has 0 saturated carbocycles. The van der Waals surface area contributed by atoms with Gasteiger partial charge in [-0.1, -0.05) is 18.2 Å². The highest BCUT2D eigenvalue weighted by molar-refractivity contribution is 5.73. The van der Waals surface area contributed by atoms with E-state index >= 15 is 4.39 Å². The molecular formula is C26H26FN7. The summed E-state index contributed by atoms with van der Waals surface area (Å²) in [7, 11) is 7.48. The Hall–Kier alpha value is -4.20. The first kappa shape index (κ1) is 21.6. The Labute approximate surface area is 198 Å². The molecule has 8 bridgehead atoms. The predicted octanol–water partition coefficient (Wildman–Crippen LogP) is 5.70. The summed E-state index contributed by atoms with van der Waals surface area (Å²) in [5.74, 6) is 3.80. The molecule has 0 N–H and O–H groups in total. The molecule has 5 rings (SSSR count). The van der Waals surface area contributed by atoms with E-state index in [-0.39, 0.29) is 5.82 Å². The number of rotatable bonds is 0. The fourth-order valence-corrected chi connectivity index (χ4v) is 4.06. The molecule has 172 valence electrons. The first-order valence-electron chi connectivity index (χ1n) is 11.0. The first-order chi connectivity index (χ1) is 16.3. The second-order valence-electron chi connectivity index (χ2n) is 8.42. The van der Waals surface area contributed by atoms with Crippen LogP contribution in [-0.2, 0) is 0 Å². The van der Waals surface area contributed by atoms with Crippen molar-refractivity contribution in [2.45, 2.75) is 6.92 Å². The van der Waals surface area contributed by atoms with Gasteiger partial charge in [0.15, 0.2) is 5.82 Å². The topological polar surface area (TPSA) is 51.6 Å². The summed E-state index contributed by atoms with van der Waals surface area (Å²) in [5, 5.41) is 0. The Kier molecular flexibility index (Phi) is 5.28. The molecule has 0 radical (unpaired) electrons. The zero-order valence-electron chi connectivity index (χ0n) is 19.9. The highest BCUT2D eigenvalue weighted by Crippen LogP contribution is 2.36. The standard InChI is InChI=1S/C26H26FN7/c1-17-15-18-26(27)19(16-17)32(3)21-10-7-12-23(29-21)34(5)25-14-8-13-24(30-25)33(4)22-11-6-9-20(28-22)31(18)2/h6-16H,1-5H3. The molecule has 0 unspecified atom stereocenters. The van der Waals surface area contributed by atoms with Crippen LogP contribution < -0.4 is 19.6 Å². The lowest BCUT2D eigenvalue weighted by Gasteiger charge is -2.27. The molecule has 0 saturated heterocycles. The van der Waals surface area contributed by atoms with Crippen LogP contribution in [0.1, 0.15) is 5.56 Å². The largest absolute Gasteiger partial charge is 0.327 e. The first-order valence-corrected chi connectivity index (χ1v) is 11.0. The fourth-order valence-electron chi connectivity index (χ4n) is 4.06. The third kappa shape index (κ3) is 3.67. The number of hydrogen-bond donors (Lipinski definition) is 0. The van der Waals surface area contributed by atoms with Crippen LogP contribution in [0.15, 0.2) is 66.7 Å². The van der Waals surface area contributed by atoms with Crippen molar-refractivity contribution in [1.82, 2.24) is 15.0 Å². The van der Waals surface area contributed by atoms with Crippen molar-refractivity contribution < 1.29 is 4.39 Å². The van der Waals surface area contributed by atoms with Gasteiger partial charge in [0.1, 0.15) is 34.9 Å². The number of aryl methyl sites for hydroxylation is 1. The van der Waals surface area contributed by atoms with E-state index in [1.54, 1.807) is 9.80 Å². The van der Waals surface area contributed by atoms with Crippen molar-refractivity contribution in [3.8, 4) is 0 Å². The average molecular weight is 456 g/mol. The summed E-state index contributed by atoms with van der Waals surface area (Å²) in [5.41, 5.74) is 1.82. The molecule has 1 aliphatic heterocycles. The highest BCUT2D eigenvalue weighted by Gasteiger charge is 2.21. The Bertz CT molecular complexity index is 1280. The Morgan fingerprint density at radius 2 is 0.824 bits per heavy atom. The normalized spacial score (nSPS) is 13.4. The molecule has 0 aliphatic carbocycles. The Balaban J connectivity index is 1.77. The van der Waals surface area contributed by atoms with Crippen molar-refractivity contribution in [3.63, 3.8) is 0 Å². The van der Waals surface area contributed by atoms with E-state index in [0.717, 1.165) is 17.2 Å². The molecule has 8 heteroatoms. The zero-order chi connectivity index (χ0) is 24.0. The molecule has 34 heavy (non-hydrogen) atoms. The second-order valence-corrected chi connectivity index (χ2v) is 8.42. The molecule has 0 atom stereocenters. The van der Waals surface area contributed by atoms with Gasteiger partial charge in [-0.05, 0) is 61.0 Å². The number of anilines is 8. The van der Waals surface area contributed by atoms with E-state index in [1.165, 1.54) is 0 Å². The number of hydrogen-bond acceptors (Lipinski definition) is 7. The van der Waals surface area contributed by atoms with Gasteiger partial charge in [0, 0.05) is 28.2 Å². The van der Waals surface area contributed by atoms with Gasteiger partial charge >= 0.3 is 0 Å². The van der Waals surface area contributed by atoms with Crippen LogP contribution in [0.5, 0.6) is 0 Å². The number of nitrogens with zero attached hydrogens (tertiary/aromatic N) is 7. The summed E-state index contributed by atoms with van der Waals surface area (Å²) in [6.45, 7) is 1.96. The molecule has 7 nitrogen and oxygen atoms in total. The molecular weight excluding hydrogens is 429 g/mol. The van der Waals surface area contributed by atoms with E-state index in [1.807, 2.05) is 112 Å². The number of benzene rings is 1. The summed E-state index contributed by atoms with van der Waals surface area (Å²) < 4.78 is 15.9. The number of aromatic nitrogens is 3. The number of fused-ring (bicyclic) bond motifs is 8. The van der Waals surface area contributed by atoms with Crippen molar-refractivity contribution in [2.24, 2.45) is 0 Å². The van der Waals surface area contributed by atoms with Crippen LogP contribution in [0.3, 0.4) is 0 Å². The number of halogens is 1. The van der Waals surface area contributed by atoms with Crippen LogP contribution in [0.4, 0.5) is 50.7 Å². The smallest absolute Gasteiger partial charge is 0.170 e. The van der Waals surface area contributed by atoms with Crippen LogP contribution in [0.25, 0.3) is 0 Å². The van der Waals surface area contributed by atoms with E-state index in [4.69, 9.17) is 15.0 Å². The minimum absolute atomic E-state index is 0.337. The SMILES string of the molecule is Cc1cc2c(F)c(c1)N(C)c1cccc(n1)N(C)c1cccc(n1)N(C)c1cccc(n1)N2C. The van der Waals surface area contributed by atoms with E-state index in [9.17, 15) is 0 Å². The predicted molar refractivity (Wildman–Crippen MR) is 136 cm³/mol. The minimum Gasteiger partial charge on any atom is -0.327 e. The molecule has 4 aromatic rings. The maximum Gasteiger partial charge on any atom is 0.170 e. The number of pyridine rings is 3. The maximum atomic E-state index is 15.9. The lowest BCUT2D eigenvalue weighted by molar-refractivity contribution is 0.626. The quantitative estimate of drug-likeness (QED) is 0.337. The monoisotopic (exact) mass is 455 g/mol. The fraction of sp³-hybridized carbons (Fsp3) is 0.192. The van der Waals surface area contributed by atoms with Crippen LogP contribution in [0.2, 0.25) is 0 Å². The van der Waals surface area contributed by atoms with Gasteiger partial charge in [0.25, 0.3) is 0 Å². The van der Waals surface area contributed by atoms with Gasteiger partial charge in [-0.25, -0.2) is 19.3 Å². The third-order valence-corrected chi connectivity index (χ3v) is 6.12. The van der Waals surface area contributed by atoms with Crippen molar-refractivity contribution in [1.29, 1.82) is 0 Å². The van der Waals surface area contributed by atoms with Crippen molar-refractivity contribution in [3.05, 3.63) is 78.1 Å². The van der Waals surface area contributed by atoms with Gasteiger partial charge in [-0.3, -0.25) is 0 Å². The van der Waals surface area contributed by atoms with Gasteiger partial charge in [0.2, 0.25) is 0 Å². The van der Waals surface area contributed by atoms with Crippen LogP contribution in [-0.4, -0.2) is 43.1 Å². The minimum atomic E-state index is -0.337. The molecule has 1 aromatic carbocycles. The third-order valence-electron chi connectivity index (χ3n) is 6.12. The molecule has 0 fully saturated rings. The van der Waals surface area contributed by atoms with Crippen molar-refractivity contribution in [2.75, 3.05) is 47.8 Å². The lowest BCUT2D eigenvalue weighted by Crippen LogP contribution is -2.21. The maximum absolute atomic E-state index is 15.9. The van der Waals surface area contributed by atoms with Crippen molar-refractivity contribution >= 4 is 46.3 Å². The van der Waals surface area contributed by atoms with E-state index in [2.05, 4.69) is 0 Å². The summed E-state index contributed by atoms with van der Waals surface area (Å²) >= 11 is 0. The molecule has 4 heterocycles. The zero-order valence-corrected chi connectivity index (χ0v) is 19.9. The highest BCUT2D eigenvalue weighted by atomic mass is 19.1. The van der Waals surface area contributed by atoms with Gasteiger partial charge in [-0.2, -0.15) is 0 Å². The molecule has 3 aromatic heterocycles. The van der Waals surface area contributed by atoms with E-state index in [0.29, 0.717) is 34.6 Å².